The van der Waals surface area contributed by atoms with Gasteiger partial charge < -0.3 is 5.32 Å². The van der Waals surface area contributed by atoms with Crippen LogP contribution in [0.3, 0.4) is 0 Å². The number of para-hydroxylation sites is 1. The predicted octanol–water partition coefficient (Wildman–Crippen LogP) is 5.70. The number of anilines is 1. The van der Waals surface area contributed by atoms with Gasteiger partial charge in [0.05, 0.1) is 10.7 Å². The summed E-state index contributed by atoms with van der Waals surface area (Å²) in [4.78, 5) is 1.30. The van der Waals surface area contributed by atoms with E-state index in [1.54, 1.807) is 0 Å². The van der Waals surface area contributed by atoms with E-state index in [4.69, 9.17) is 11.6 Å². The van der Waals surface area contributed by atoms with E-state index in [1.165, 1.54) is 15.7 Å². The van der Waals surface area contributed by atoms with Crippen LogP contribution in [0.1, 0.15) is 0 Å². The molecule has 0 aliphatic rings. The van der Waals surface area contributed by atoms with Gasteiger partial charge in [-0.05, 0) is 35.0 Å². The van der Waals surface area contributed by atoms with Gasteiger partial charge in [-0.25, -0.2) is 0 Å². The normalized spacial score (nSPS) is 10.7. The maximum absolute atomic E-state index is 6.12. The van der Waals surface area contributed by atoms with Crippen molar-refractivity contribution in [3.63, 3.8) is 0 Å². The molecule has 106 valence electrons. The molecule has 0 amide bonds. The Hall–Kier alpha value is -1.64. The maximum Gasteiger partial charge on any atom is 0.0637 e. The van der Waals surface area contributed by atoms with E-state index >= 15 is 0 Å². The van der Waals surface area contributed by atoms with Crippen molar-refractivity contribution in [3.05, 3.63) is 71.8 Å². The van der Waals surface area contributed by atoms with Gasteiger partial charge in [-0.3, -0.25) is 0 Å². The van der Waals surface area contributed by atoms with Crippen molar-refractivity contribution in [2.75, 3.05) is 17.6 Å². The average molecular weight is 314 g/mol. The molecule has 0 spiro atoms. The highest BCUT2D eigenvalue weighted by molar-refractivity contribution is 7.99. The number of rotatable bonds is 5. The first-order chi connectivity index (χ1) is 10.3. The third kappa shape index (κ3) is 3.72. The molecule has 0 saturated carbocycles. The Morgan fingerprint density at radius 2 is 1.62 bits per heavy atom. The standard InChI is InChI=1S/C18H16ClNS/c19-17-7-3-4-8-18(17)20-11-12-21-16-10-9-14-5-1-2-6-15(14)13-16/h1-10,13,20H,11-12H2. The molecule has 3 aromatic rings. The van der Waals surface area contributed by atoms with Crippen molar-refractivity contribution >= 4 is 39.8 Å². The Morgan fingerprint density at radius 1 is 0.857 bits per heavy atom. The summed E-state index contributed by atoms with van der Waals surface area (Å²) < 4.78 is 0. The second kappa shape index (κ2) is 6.88. The summed E-state index contributed by atoms with van der Waals surface area (Å²) in [6.07, 6.45) is 0. The van der Waals surface area contributed by atoms with Crippen molar-refractivity contribution in [1.29, 1.82) is 0 Å². The summed E-state index contributed by atoms with van der Waals surface area (Å²) >= 11 is 7.97. The van der Waals surface area contributed by atoms with Crippen molar-refractivity contribution < 1.29 is 0 Å². The van der Waals surface area contributed by atoms with Gasteiger partial charge in [0.15, 0.2) is 0 Å². The van der Waals surface area contributed by atoms with Gasteiger partial charge in [0, 0.05) is 17.2 Å². The maximum atomic E-state index is 6.12. The molecule has 0 saturated heterocycles. The lowest BCUT2D eigenvalue weighted by molar-refractivity contribution is 1.22. The summed E-state index contributed by atoms with van der Waals surface area (Å²) in [5.41, 5.74) is 0.998. The first-order valence-corrected chi connectivity index (χ1v) is 8.29. The zero-order chi connectivity index (χ0) is 14.5. The Labute approximate surface area is 134 Å². The molecular weight excluding hydrogens is 298 g/mol. The molecule has 0 heterocycles. The van der Waals surface area contributed by atoms with E-state index in [-0.39, 0.29) is 0 Å². The van der Waals surface area contributed by atoms with Gasteiger partial charge in [0.1, 0.15) is 0 Å². The minimum atomic E-state index is 0.771. The van der Waals surface area contributed by atoms with E-state index in [9.17, 15) is 0 Å². The lowest BCUT2D eigenvalue weighted by Crippen LogP contribution is -2.04. The molecule has 1 nitrogen and oxygen atoms in total. The van der Waals surface area contributed by atoms with Crippen LogP contribution in [0.4, 0.5) is 5.69 Å². The van der Waals surface area contributed by atoms with Crippen molar-refractivity contribution in [2.45, 2.75) is 4.90 Å². The van der Waals surface area contributed by atoms with E-state index in [1.807, 2.05) is 36.0 Å². The van der Waals surface area contributed by atoms with E-state index < -0.39 is 0 Å². The lowest BCUT2D eigenvalue weighted by atomic mass is 10.1. The van der Waals surface area contributed by atoms with Crippen molar-refractivity contribution in [1.82, 2.24) is 0 Å². The van der Waals surface area contributed by atoms with Gasteiger partial charge >= 0.3 is 0 Å². The molecule has 1 N–H and O–H groups in total. The van der Waals surface area contributed by atoms with Crippen LogP contribution >= 0.6 is 23.4 Å². The smallest absolute Gasteiger partial charge is 0.0637 e. The van der Waals surface area contributed by atoms with Crippen molar-refractivity contribution in [3.8, 4) is 0 Å². The van der Waals surface area contributed by atoms with Crippen LogP contribution in [0.2, 0.25) is 5.02 Å². The summed E-state index contributed by atoms with van der Waals surface area (Å²) in [5.74, 6) is 1.00. The first-order valence-electron chi connectivity index (χ1n) is 6.93. The highest BCUT2D eigenvalue weighted by Crippen LogP contribution is 2.24. The van der Waals surface area contributed by atoms with Gasteiger partial charge in [0.25, 0.3) is 0 Å². The van der Waals surface area contributed by atoms with E-state index in [2.05, 4.69) is 47.8 Å². The lowest BCUT2D eigenvalue weighted by Gasteiger charge is -2.08. The summed E-state index contributed by atoms with van der Waals surface area (Å²) in [6.45, 7) is 0.890. The molecule has 0 atom stereocenters. The van der Waals surface area contributed by atoms with Crippen molar-refractivity contribution in [2.24, 2.45) is 0 Å². The Kier molecular flexibility index (Phi) is 4.69. The second-order valence-corrected chi connectivity index (χ2v) is 6.34. The van der Waals surface area contributed by atoms with Crippen LogP contribution in [-0.4, -0.2) is 12.3 Å². The SMILES string of the molecule is Clc1ccccc1NCCSc1ccc2ccccc2c1. The average Bonchev–Trinajstić information content (AvgIpc) is 2.53. The summed E-state index contributed by atoms with van der Waals surface area (Å²) in [5, 5.41) is 6.72. The summed E-state index contributed by atoms with van der Waals surface area (Å²) in [6, 6.07) is 22.9. The molecule has 0 radical (unpaired) electrons. The highest BCUT2D eigenvalue weighted by atomic mass is 35.5. The summed E-state index contributed by atoms with van der Waals surface area (Å²) in [7, 11) is 0. The molecule has 0 aromatic heterocycles. The quantitative estimate of drug-likeness (QED) is 0.479. The molecule has 0 bridgehead atoms. The molecule has 0 unspecified atom stereocenters. The number of benzene rings is 3. The molecule has 0 aliphatic heterocycles. The number of halogens is 1. The van der Waals surface area contributed by atoms with Gasteiger partial charge in [-0.15, -0.1) is 11.8 Å². The molecule has 0 fully saturated rings. The Bertz CT molecular complexity index is 742. The fourth-order valence-electron chi connectivity index (χ4n) is 2.22. The number of thioether (sulfide) groups is 1. The minimum Gasteiger partial charge on any atom is -0.383 e. The van der Waals surface area contributed by atoms with Crippen LogP contribution in [-0.2, 0) is 0 Å². The second-order valence-electron chi connectivity index (χ2n) is 4.76. The molecule has 0 aliphatic carbocycles. The largest absolute Gasteiger partial charge is 0.383 e. The van der Waals surface area contributed by atoms with Crippen LogP contribution in [0.15, 0.2) is 71.6 Å². The minimum absolute atomic E-state index is 0.771. The fourth-order valence-corrected chi connectivity index (χ4v) is 3.23. The zero-order valence-corrected chi connectivity index (χ0v) is 13.1. The van der Waals surface area contributed by atoms with Gasteiger partial charge in [0.2, 0.25) is 0 Å². The third-order valence-electron chi connectivity index (χ3n) is 3.28. The number of hydrogen-bond acceptors (Lipinski definition) is 2. The number of fused-ring (bicyclic) bond motifs is 1. The predicted molar refractivity (Wildman–Crippen MR) is 94.6 cm³/mol. The van der Waals surface area contributed by atoms with Crippen LogP contribution < -0.4 is 5.32 Å². The van der Waals surface area contributed by atoms with Gasteiger partial charge in [-0.2, -0.15) is 0 Å². The van der Waals surface area contributed by atoms with Crippen LogP contribution in [0.5, 0.6) is 0 Å². The zero-order valence-electron chi connectivity index (χ0n) is 11.6. The Balaban J connectivity index is 1.56. The molecule has 3 rings (SSSR count). The Morgan fingerprint density at radius 3 is 2.48 bits per heavy atom. The number of nitrogens with one attached hydrogen (secondary N) is 1. The van der Waals surface area contributed by atoms with Gasteiger partial charge in [-0.1, -0.05) is 54.1 Å². The third-order valence-corrected chi connectivity index (χ3v) is 4.61. The first kappa shape index (κ1) is 14.3. The molecule has 3 heteroatoms. The monoisotopic (exact) mass is 313 g/mol. The van der Waals surface area contributed by atoms with E-state index in [0.717, 1.165) is 23.0 Å². The topological polar surface area (TPSA) is 12.0 Å². The molecular formula is C18H16ClNS. The molecule has 3 aromatic carbocycles. The molecule has 21 heavy (non-hydrogen) atoms. The van der Waals surface area contributed by atoms with Crippen LogP contribution in [0, 0.1) is 0 Å². The van der Waals surface area contributed by atoms with Crippen LogP contribution in [0.25, 0.3) is 10.8 Å². The number of hydrogen-bond donors (Lipinski definition) is 1. The fraction of sp³-hybridized carbons (Fsp3) is 0.111. The highest BCUT2D eigenvalue weighted by Gasteiger charge is 1.99. The van der Waals surface area contributed by atoms with E-state index in [0.29, 0.717) is 0 Å².